The van der Waals surface area contributed by atoms with Crippen molar-refractivity contribution in [2.24, 2.45) is 0 Å². The molecule has 0 bridgehead atoms. The van der Waals surface area contributed by atoms with Crippen LogP contribution in [-0.4, -0.2) is 66.8 Å². The SMILES string of the molecule is CS(=O)(=O)c1nc2c(nc1S(C)(=O)=O)N(c1ccccc1)c1nc(CS(=O)O)c(CS(=O)O)nc1N2c1ccccc1. The van der Waals surface area contributed by atoms with Crippen molar-refractivity contribution in [2.75, 3.05) is 22.3 Å². The summed E-state index contributed by atoms with van der Waals surface area (Å²) >= 11 is -4.81. The molecule has 0 fully saturated rings. The van der Waals surface area contributed by atoms with Gasteiger partial charge in [-0.2, -0.15) is 0 Å². The zero-order valence-corrected chi connectivity index (χ0v) is 25.1. The molecule has 2 aromatic carbocycles. The summed E-state index contributed by atoms with van der Waals surface area (Å²) in [6.07, 6.45) is 1.62. The van der Waals surface area contributed by atoms with Gasteiger partial charge in [-0.05, 0) is 24.3 Å². The number of nitrogens with zero attached hydrogens (tertiary/aromatic N) is 6. The van der Waals surface area contributed by atoms with Crippen LogP contribution in [0.5, 0.6) is 0 Å². The number of hydrogen-bond donors (Lipinski definition) is 2. The van der Waals surface area contributed by atoms with Crippen LogP contribution in [0.4, 0.5) is 34.6 Å². The van der Waals surface area contributed by atoms with Crippen molar-refractivity contribution >= 4 is 76.5 Å². The first kappa shape index (κ1) is 29.8. The number of para-hydroxylation sites is 2. The van der Waals surface area contributed by atoms with Crippen LogP contribution < -0.4 is 9.80 Å². The highest BCUT2D eigenvalue weighted by atomic mass is 32.2. The molecule has 3 heterocycles. The fourth-order valence-corrected chi connectivity index (χ4v) is 7.33. The number of hydrogen-bond acceptors (Lipinski definition) is 12. The third kappa shape index (κ3) is 5.81. The quantitative estimate of drug-likeness (QED) is 0.232. The maximum absolute atomic E-state index is 12.8. The number of anilines is 6. The Morgan fingerprint density at radius 3 is 1.19 bits per heavy atom. The Morgan fingerprint density at radius 2 is 0.905 bits per heavy atom. The summed E-state index contributed by atoms with van der Waals surface area (Å²) < 4.78 is 94.2. The average Bonchev–Trinajstić information content (AvgIpc) is 2.91. The van der Waals surface area contributed by atoms with Crippen LogP contribution in [0.2, 0.25) is 0 Å². The van der Waals surface area contributed by atoms with E-state index in [0.29, 0.717) is 11.4 Å². The Labute approximate surface area is 245 Å². The van der Waals surface area contributed by atoms with Crippen molar-refractivity contribution in [3.8, 4) is 0 Å². The minimum atomic E-state index is -4.23. The van der Waals surface area contributed by atoms with Crippen molar-refractivity contribution in [3.05, 3.63) is 72.1 Å². The molecule has 1 aliphatic heterocycles. The summed E-state index contributed by atoms with van der Waals surface area (Å²) in [4.78, 5) is 20.6. The van der Waals surface area contributed by atoms with E-state index in [9.17, 15) is 34.4 Å². The van der Waals surface area contributed by atoms with Crippen LogP contribution in [0.1, 0.15) is 11.4 Å². The molecule has 220 valence electrons. The number of sulfone groups is 2. The lowest BCUT2D eigenvalue weighted by Crippen LogP contribution is -2.31. The predicted molar refractivity (Wildman–Crippen MR) is 156 cm³/mol. The molecule has 5 rings (SSSR count). The Hall–Kier alpha value is -3.68. The maximum atomic E-state index is 12.8. The molecule has 2 N–H and O–H groups in total. The van der Waals surface area contributed by atoms with Gasteiger partial charge in [0.05, 0.1) is 22.9 Å². The van der Waals surface area contributed by atoms with Crippen LogP contribution in [0, 0.1) is 0 Å². The molecule has 0 saturated heterocycles. The largest absolute Gasteiger partial charge is 0.306 e. The van der Waals surface area contributed by atoms with E-state index in [1.165, 1.54) is 9.80 Å². The smallest absolute Gasteiger partial charge is 0.195 e. The van der Waals surface area contributed by atoms with Gasteiger partial charge in [0.25, 0.3) is 0 Å². The van der Waals surface area contributed by atoms with Crippen molar-refractivity contribution < 1.29 is 34.4 Å². The summed E-state index contributed by atoms with van der Waals surface area (Å²) in [6.45, 7) is 0. The van der Waals surface area contributed by atoms with Gasteiger partial charge in [0.2, 0.25) is 0 Å². The average molecular weight is 651 g/mol. The van der Waals surface area contributed by atoms with E-state index in [-0.39, 0.29) is 34.7 Å². The van der Waals surface area contributed by atoms with Gasteiger partial charge in [-0.3, -0.25) is 9.80 Å². The summed E-state index contributed by atoms with van der Waals surface area (Å²) in [5.74, 6) is -1.25. The maximum Gasteiger partial charge on any atom is 0.195 e. The normalized spacial score (nSPS) is 14.7. The predicted octanol–water partition coefficient (Wildman–Crippen LogP) is 2.77. The first-order valence-corrected chi connectivity index (χ1v) is 18.2. The molecular formula is C24H22N6O8S4. The zero-order chi connectivity index (χ0) is 30.4. The minimum Gasteiger partial charge on any atom is -0.306 e. The Bertz CT molecular complexity index is 1820. The second kappa shape index (κ2) is 11.2. The highest BCUT2D eigenvalue weighted by Gasteiger charge is 2.40. The first-order valence-electron chi connectivity index (χ1n) is 11.8. The van der Waals surface area contributed by atoms with E-state index in [2.05, 4.69) is 19.9 Å². The van der Waals surface area contributed by atoms with Gasteiger partial charge in [-0.15, -0.1) is 0 Å². The van der Waals surface area contributed by atoms with Crippen molar-refractivity contribution in [1.29, 1.82) is 0 Å². The van der Waals surface area contributed by atoms with Crippen LogP contribution in [0.15, 0.2) is 70.7 Å². The van der Waals surface area contributed by atoms with E-state index < -0.39 is 63.4 Å². The molecule has 18 heteroatoms. The molecule has 2 aromatic heterocycles. The molecule has 0 radical (unpaired) electrons. The third-order valence-corrected chi connectivity index (χ3v) is 9.06. The molecule has 14 nitrogen and oxygen atoms in total. The van der Waals surface area contributed by atoms with Gasteiger partial charge in [-0.25, -0.2) is 45.2 Å². The number of fused-ring (bicyclic) bond motifs is 2. The molecule has 0 spiro atoms. The fourth-order valence-electron chi connectivity index (χ4n) is 4.26. The van der Waals surface area contributed by atoms with Crippen LogP contribution >= 0.6 is 0 Å². The standard InChI is InChI=1S/C24H22N6O8S4/c1-41(35,36)23-24(42(2,37)38)28-22-21(27-23)29(15-9-5-3-6-10-15)19-20(30(22)16-11-7-4-8-12-16)26-18(14-40(33)34)17(25-19)13-39(31)32/h3-12H,13-14H2,1-2H3,(H,31,32)(H,33,34). The van der Waals surface area contributed by atoms with E-state index in [4.69, 9.17) is 0 Å². The summed E-state index contributed by atoms with van der Waals surface area (Å²) in [5.41, 5.74) is 0.687. The Kier molecular flexibility index (Phi) is 7.94. The molecule has 2 unspecified atom stereocenters. The lowest BCUT2D eigenvalue weighted by atomic mass is 10.2. The van der Waals surface area contributed by atoms with E-state index in [1.807, 2.05) is 0 Å². The Balaban J connectivity index is 1.97. The van der Waals surface area contributed by atoms with E-state index in [1.54, 1.807) is 60.7 Å². The monoisotopic (exact) mass is 650 g/mol. The van der Waals surface area contributed by atoms with Gasteiger partial charge in [-0.1, -0.05) is 36.4 Å². The lowest BCUT2D eigenvalue weighted by molar-refractivity contribution is 0.558. The van der Waals surface area contributed by atoms with Crippen molar-refractivity contribution in [2.45, 2.75) is 21.6 Å². The number of aromatic nitrogens is 4. The van der Waals surface area contributed by atoms with E-state index >= 15 is 0 Å². The second-order valence-corrected chi connectivity index (χ2v) is 14.8. The van der Waals surface area contributed by atoms with Crippen LogP contribution in [-0.2, 0) is 53.3 Å². The van der Waals surface area contributed by atoms with Gasteiger partial charge in [0.15, 0.2) is 75.2 Å². The second-order valence-electron chi connectivity index (χ2n) is 9.06. The van der Waals surface area contributed by atoms with Gasteiger partial charge in [0.1, 0.15) is 0 Å². The molecule has 42 heavy (non-hydrogen) atoms. The zero-order valence-electron chi connectivity index (χ0n) is 21.8. The van der Waals surface area contributed by atoms with E-state index in [0.717, 1.165) is 12.5 Å². The number of rotatable bonds is 8. The first-order chi connectivity index (χ1) is 19.8. The van der Waals surface area contributed by atoms with Crippen LogP contribution in [0.3, 0.4) is 0 Å². The molecule has 2 atom stereocenters. The highest BCUT2D eigenvalue weighted by Crippen LogP contribution is 2.51. The van der Waals surface area contributed by atoms with Crippen molar-refractivity contribution in [1.82, 2.24) is 19.9 Å². The fraction of sp³-hybridized carbons (Fsp3) is 0.167. The van der Waals surface area contributed by atoms with Gasteiger partial charge in [0, 0.05) is 23.9 Å². The third-order valence-electron chi connectivity index (χ3n) is 5.91. The van der Waals surface area contributed by atoms with Crippen molar-refractivity contribution in [3.63, 3.8) is 0 Å². The topological polar surface area (TPSA) is 201 Å². The van der Waals surface area contributed by atoms with Crippen LogP contribution in [0.25, 0.3) is 0 Å². The number of benzene rings is 2. The van der Waals surface area contributed by atoms with Gasteiger partial charge < -0.3 is 9.11 Å². The lowest BCUT2D eigenvalue weighted by Gasteiger charge is -2.37. The summed E-state index contributed by atoms with van der Waals surface area (Å²) in [5, 5.41) is -1.56. The summed E-state index contributed by atoms with van der Waals surface area (Å²) in [6, 6.07) is 16.8. The molecular weight excluding hydrogens is 629 g/mol. The molecule has 4 aromatic rings. The molecule has 1 aliphatic rings. The molecule has 0 amide bonds. The Morgan fingerprint density at radius 1 is 0.595 bits per heavy atom. The molecule has 0 aliphatic carbocycles. The minimum absolute atomic E-state index is 0.0198. The highest BCUT2D eigenvalue weighted by molar-refractivity contribution is 7.93. The van der Waals surface area contributed by atoms with Gasteiger partial charge >= 0.3 is 0 Å². The summed E-state index contributed by atoms with van der Waals surface area (Å²) in [7, 11) is -8.46. The molecule has 0 saturated carbocycles.